The van der Waals surface area contributed by atoms with Gasteiger partial charge >= 0.3 is 0 Å². The zero-order valence-electron chi connectivity index (χ0n) is 7.40. The molecule has 1 fully saturated rings. The molecule has 2 heterocycles. The predicted molar refractivity (Wildman–Crippen MR) is 51.2 cm³/mol. The summed E-state index contributed by atoms with van der Waals surface area (Å²) in [4.78, 5) is 0. The maximum absolute atomic E-state index is 5.40. The standard InChI is InChI=1S/C8H13N3OS/c9-5-7-10-11-8(12-7)6-3-1-2-4-13-6/h6H,1-5,9H2. The van der Waals surface area contributed by atoms with Gasteiger partial charge in [0.15, 0.2) is 0 Å². The van der Waals surface area contributed by atoms with E-state index in [2.05, 4.69) is 10.2 Å². The monoisotopic (exact) mass is 199 g/mol. The molecule has 1 saturated heterocycles. The summed E-state index contributed by atoms with van der Waals surface area (Å²) in [6, 6.07) is 0. The molecule has 72 valence electrons. The highest BCUT2D eigenvalue weighted by Crippen LogP contribution is 2.37. The Kier molecular flexibility index (Phi) is 2.85. The maximum Gasteiger partial charge on any atom is 0.230 e. The molecule has 1 aromatic rings. The first-order valence-electron chi connectivity index (χ1n) is 4.54. The molecular weight excluding hydrogens is 186 g/mol. The third-order valence-electron chi connectivity index (χ3n) is 2.11. The van der Waals surface area contributed by atoms with Crippen molar-refractivity contribution in [2.75, 3.05) is 5.75 Å². The second-order valence-corrected chi connectivity index (χ2v) is 4.40. The van der Waals surface area contributed by atoms with E-state index in [4.69, 9.17) is 10.2 Å². The fraction of sp³-hybridized carbons (Fsp3) is 0.750. The van der Waals surface area contributed by atoms with Crippen molar-refractivity contribution in [3.8, 4) is 0 Å². The summed E-state index contributed by atoms with van der Waals surface area (Å²) < 4.78 is 5.40. The predicted octanol–water partition coefficient (Wildman–Crippen LogP) is 1.49. The summed E-state index contributed by atoms with van der Waals surface area (Å²) >= 11 is 1.90. The average molecular weight is 199 g/mol. The Bertz CT molecular complexity index is 270. The summed E-state index contributed by atoms with van der Waals surface area (Å²) in [5.41, 5.74) is 5.39. The fourth-order valence-corrected chi connectivity index (χ4v) is 2.64. The Morgan fingerprint density at radius 2 is 2.38 bits per heavy atom. The molecule has 4 nitrogen and oxygen atoms in total. The van der Waals surface area contributed by atoms with E-state index in [1.807, 2.05) is 11.8 Å². The molecule has 0 amide bonds. The molecule has 0 aromatic carbocycles. The Labute approximate surface area is 81.3 Å². The molecule has 0 saturated carbocycles. The highest BCUT2D eigenvalue weighted by atomic mass is 32.2. The van der Waals surface area contributed by atoms with E-state index in [0.717, 1.165) is 12.3 Å². The molecular formula is C8H13N3OS. The van der Waals surface area contributed by atoms with E-state index in [9.17, 15) is 0 Å². The van der Waals surface area contributed by atoms with Crippen LogP contribution >= 0.6 is 11.8 Å². The molecule has 0 aliphatic carbocycles. The minimum atomic E-state index is 0.338. The van der Waals surface area contributed by atoms with Gasteiger partial charge in [-0.2, -0.15) is 0 Å². The highest BCUT2D eigenvalue weighted by molar-refractivity contribution is 7.99. The SMILES string of the molecule is NCc1nnc(C2CCCCS2)o1. The molecule has 1 aliphatic rings. The molecule has 5 heteroatoms. The van der Waals surface area contributed by atoms with E-state index in [-0.39, 0.29) is 0 Å². The lowest BCUT2D eigenvalue weighted by Gasteiger charge is -2.17. The van der Waals surface area contributed by atoms with Crippen LogP contribution in [0.2, 0.25) is 0 Å². The summed E-state index contributed by atoms with van der Waals surface area (Å²) in [6.45, 7) is 0.338. The molecule has 2 N–H and O–H groups in total. The third-order valence-corrected chi connectivity index (χ3v) is 3.48. The first kappa shape index (κ1) is 9.02. The van der Waals surface area contributed by atoms with Gasteiger partial charge in [-0.1, -0.05) is 6.42 Å². The second-order valence-electron chi connectivity index (χ2n) is 3.09. The van der Waals surface area contributed by atoms with E-state index in [1.54, 1.807) is 0 Å². The topological polar surface area (TPSA) is 64.9 Å². The van der Waals surface area contributed by atoms with Crippen LogP contribution in [0.4, 0.5) is 0 Å². The van der Waals surface area contributed by atoms with Crippen LogP contribution in [0, 0.1) is 0 Å². The van der Waals surface area contributed by atoms with Crippen LogP contribution in [-0.2, 0) is 6.54 Å². The van der Waals surface area contributed by atoms with Crippen LogP contribution in [0.5, 0.6) is 0 Å². The van der Waals surface area contributed by atoms with E-state index in [0.29, 0.717) is 17.7 Å². The summed E-state index contributed by atoms with van der Waals surface area (Å²) in [7, 11) is 0. The van der Waals surface area contributed by atoms with Gasteiger partial charge in [0.1, 0.15) is 0 Å². The van der Waals surface area contributed by atoms with Gasteiger partial charge in [0.2, 0.25) is 11.8 Å². The number of nitrogens with two attached hydrogens (primary N) is 1. The van der Waals surface area contributed by atoms with Crippen molar-refractivity contribution in [3.05, 3.63) is 11.8 Å². The molecule has 1 aliphatic heterocycles. The van der Waals surface area contributed by atoms with Gasteiger partial charge in [-0.25, -0.2) is 0 Å². The number of aromatic nitrogens is 2. The Balaban J connectivity index is 2.05. The number of nitrogens with zero attached hydrogens (tertiary/aromatic N) is 2. The van der Waals surface area contributed by atoms with Crippen molar-refractivity contribution < 1.29 is 4.42 Å². The van der Waals surface area contributed by atoms with Crippen molar-refractivity contribution in [2.24, 2.45) is 5.73 Å². The highest BCUT2D eigenvalue weighted by Gasteiger charge is 2.21. The second kappa shape index (κ2) is 4.11. The largest absolute Gasteiger partial charge is 0.423 e. The maximum atomic E-state index is 5.40. The number of rotatable bonds is 2. The third kappa shape index (κ3) is 2.03. The summed E-state index contributed by atoms with van der Waals surface area (Å²) in [6.07, 6.45) is 3.72. The fourth-order valence-electron chi connectivity index (χ4n) is 1.41. The van der Waals surface area contributed by atoms with Crippen molar-refractivity contribution in [1.82, 2.24) is 10.2 Å². The number of hydrogen-bond acceptors (Lipinski definition) is 5. The number of thioether (sulfide) groups is 1. The van der Waals surface area contributed by atoms with Crippen LogP contribution < -0.4 is 5.73 Å². The zero-order valence-corrected chi connectivity index (χ0v) is 8.22. The first-order chi connectivity index (χ1) is 6.40. The van der Waals surface area contributed by atoms with E-state index in [1.165, 1.54) is 18.6 Å². The van der Waals surface area contributed by atoms with Crippen molar-refractivity contribution in [2.45, 2.75) is 31.1 Å². The molecule has 0 radical (unpaired) electrons. The van der Waals surface area contributed by atoms with Crippen LogP contribution in [-0.4, -0.2) is 16.0 Å². The average Bonchev–Trinajstić information content (AvgIpc) is 2.67. The molecule has 1 aromatic heterocycles. The molecule has 1 atom stereocenters. The van der Waals surface area contributed by atoms with E-state index < -0.39 is 0 Å². The lowest BCUT2D eigenvalue weighted by Crippen LogP contribution is -2.02. The zero-order chi connectivity index (χ0) is 9.10. The quantitative estimate of drug-likeness (QED) is 0.781. The van der Waals surface area contributed by atoms with Gasteiger partial charge in [0.25, 0.3) is 0 Å². The van der Waals surface area contributed by atoms with Gasteiger partial charge < -0.3 is 10.2 Å². The van der Waals surface area contributed by atoms with Gasteiger partial charge in [-0.05, 0) is 18.6 Å². The minimum absolute atomic E-state index is 0.338. The van der Waals surface area contributed by atoms with Crippen LogP contribution in [0.1, 0.15) is 36.3 Å². The van der Waals surface area contributed by atoms with Crippen LogP contribution in [0.15, 0.2) is 4.42 Å². The Hall–Kier alpha value is -0.550. The Morgan fingerprint density at radius 3 is 3.00 bits per heavy atom. The van der Waals surface area contributed by atoms with Crippen LogP contribution in [0.3, 0.4) is 0 Å². The lowest BCUT2D eigenvalue weighted by atomic mass is 10.2. The van der Waals surface area contributed by atoms with Crippen LogP contribution in [0.25, 0.3) is 0 Å². The van der Waals surface area contributed by atoms with Crippen molar-refractivity contribution in [3.63, 3.8) is 0 Å². The molecule has 2 rings (SSSR count). The van der Waals surface area contributed by atoms with Gasteiger partial charge in [-0.15, -0.1) is 22.0 Å². The number of hydrogen-bond donors (Lipinski definition) is 1. The minimum Gasteiger partial charge on any atom is -0.423 e. The van der Waals surface area contributed by atoms with Gasteiger partial charge in [0.05, 0.1) is 11.8 Å². The molecule has 1 unspecified atom stereocenters. The smallest absolute Gasteiger partial charge is 0.230 e. The molecule has 0 spiro atoms. The lowest BCUT2D eigenvalue weighted by molar-refractivity contribution is 0.437. The first-order valence-corrected chi connectivity index (χ1v) is 5.59. The Morgan fingerprint density at radius 1 is 1.46 bits per heavy atom. The van der Waals surface area contributed by atoms with Gasteiger partial charge in [0, 0.05) is 0 Å². The van der Waals surface area contributed by atoms with Crippen molar-refractivity contribution in [1.29, 1.82) is 0 Å². The summed E-state index contributed by atoms with van der Waals surface area (Å²) in [5.74, 6) is 2.50. The molecule has 13 heavy (non-hydrogen) atoms. The van der Waals surface area contributed by atoms with Gasteiger partial charge in [-0.3, -0.25) is 0 Å². The van der Waals surface area contributed by atoms with E-state index >= 15 is 0 Å². The normalized spacial score (nSPS) is 23.3. The summed E-state index contributed by atoms with van der Waals surface area (Å²) in [5, 5.41) is 8.25. The van der Waals surface area contributed by atoms with Crippen molar-refractivity contribution >= 4 is 11.8 Å². The molecule has 0 bridgehead atoms.